The van der Waals surface area contributed by atoms with Crippen molar-refractivity contribution in [2.75, 3.05) is 26.7 Å². The van der Waals surface area contributed by atoms with Crippen LogP contribution in [0.15, 0.2) is 54.6 Å². The molecule has 10 heteroatoms. The third kappa shape index (κ3) is 6.51. The summed E-state index contributed by atoms with van der Waals surface area (Å²) in [5.74, 6) is 0.814. The van der Waals surface area contributed by atoms with Crippen molar-refractivity contribution in [1.29, 1.82) is 0 Å². The van der Waals surface area contributed by atoms with Gasteiger partial charge in [0.25, 0.3) is 5.91 Å². The molecule has 0 unspecified atom stereocenters. The van der Waals surface area contributed by atoms with Crippen molar-refractivity contribution in [2.24, 2.45) is 7.05 Å². The molecule has 1 fully saturated rings. The van der Waals surface area contributed by atoms with E-state index in [0.717, 1.165) is 16.8 Å². The molecule has 0 aliphatic carbocycles. The number of nitrogens with one attached hydrogen (secondary N) is 1. The number of piperidine rings is 1. The Morgan fingerprint density at radius 1 is 1.00 bits per heavy atom. The summed E-state index contributed by atoms with van der Waals surface area (Å²) in [6.45, 7) is 2.86. The van der Waals surface area contributed by atoms with E-state index in [1.807, 2.05) is 55.5 Å². The van der Waals surface area contributed by atoms with E-state index in [-0.39, 0.29) is 43.3 Å². The highest BCUT2D eigenvalue weighted by molar-refractivity contribution is 5.93. The molecule has 40 heavy (non-hydrogen) atoms. The summed E-state index contributed by atoms with van der Waals surface area (Å²) in [4.78, 5) is 42.4. The summed E-state index contributed by atoms with van der Waals surface area (Å²) in [5, 5.41) is 7.34. The van der Waals surface area contributed by atoms with E-state index in [1.54, 1.807) is 29.7 Å². The molecule has 2 atom stereocenters. The SMILES string of the molecule is Cc1cc(C(=O)N2CC[C@H]3OCc4cccc(c4)Oc4cccc(c4)CCC(=O)N(C)CC(=O)N[C@H]3C2)n(C)n1. The summed E-state index contributed by atoms with van der Waals surface area (Å²) in [6.07, 6.45) is 1.03. The summed E-state index contributed by atoms with van der Waals surface area (Å²) >= 11 is 0. The highest BCUT2D eigenvalue weighted by Gasteiger charge is 2.34. The minimum atomic E-state index is -0.443. The number of carbonyl (C=O) groups excluding carboxylic acids is 3. The number of nitrogens with zero attached hydrogens (tertiary/aromatic N) is 4. The third-order valence-electron chi connectivity index (χ3n) is 7.33. The fourth-order valence-corrected chi connectivity index (χ4v) is 5.23. The number of aryl methyl sites for hydroxylation is 3. The van der Waals surface area contributed by atoms with Crippen molar-refractivity contribution in [3.8, 4) is 11.5 Å². The molecule has 1 N–H and O–H groups in total. The monoisotopic (exact) mass is 545 g/mol. The van der Waals surface area contributed by atoms with Gasteiger partial charge in [0.2, 0.25) is 11.8 Å². The van der Waals surface area contributed by atoms with Crippen molar-refractivity contribution in [3.05, 3.63) is 77.1 Å². The standard InChI is InChI=1S/C30H35N5O5/c1-20-14-26(34(3)32-20)30(38)35-13-12-27-25(17-35)31-28(36)18-33(2)29(37)11-10-21-6-4-8-23(15-21)40-24-9-5-7-22(16-24)19-39-27/h4-9,14-16,25,27H,10-13,17-19H2,1-3H3,(H,31,36)/t25-,27+/m0/s1. The molecule has 0 spiro atoms. The lowest BCUT2D eigenvalue weighted by Crippen LogP contribution is -2.58. The summed E-state index contributed by atoms with van der Waals surface area (Å²) in [6, 6.07) is 16.7. The molecule has 1 aromatic heterocycles. The van der Waals surface area contributed by atoms with Crippen LogP contribution in [0.4, 0.5) is 0 Å². The fourth-order valence-electron chi connectivity index (χ4n) is 5.23. The lowest BCUT2D eigenvalue weighted by molar-refractivity contribution is -0.135. The highest BCUT2D eigenvalue weighted by Crippen LogP contribution is 2.25. The van der Waals surface area contributed by atoms with E-state index in [0.29, 0.717) is 43.2 Å². The first-order valence-corrected chi connectivity index (χ1v) is 13.6. The normalized spacial score (nSPS) is 20.6. The second-order valence-electron chi connectivity index (χ2n) is 10.5. The number of amides is 3. The van der Waals surface area contributed by atoms with Crippen molar-refractivity contribution in [3.63, 3.8) is 0 Å². The Kier molecular flexibility index (Phi) is 8.16. The van der Waals surface area contributed by atoms with Gasteiger partial charge in [0.05, 0.1) is 31.0 Å². The Morgan fingerprint density at radius 2 is 1.73 bits per heavy atom. The van der Waals surface area contributed by atoms with Gasteiger partial charge in [-0.15, -0.1) is 0 Å². The van der Waals surface area contributed by atoms with Crippen LogP contribution in [-0.2, 0) is 34.4 Å². The number of likely N-dealkylation sites (tertiary alicyclic amines) is 1. The Labute approximate surface area is 233 Å². The van der Waals surface area contributed by atoms with Crippen LogP contribution in [0, 0.1) is 6.92 Å². The molecule has 3 aromatic rings. The number of hydrogen-bond donors (Lipinski definition) is 1. The molecular weight excluding hydrogens is 510 g/mol. The maximum atomic E-state index is 13.3. The predicted octanol–water partition coefficient (Wildman–Crippen LogP) is 2.84. The molecular formula is C30H35N5O5. The van der Waals surface area contributed by atoms with Crippen LogP contribution < -0.4 is 10.1 Å². The average molecular weight is 546 g/mol. The van der Waals surface area contributed by atoms with Gasteiger partial charge in [0, 0.05) is 33.6 Å². The maximum Gasteiger partial charge on any atom is 0.272 e. The van der Waals surface area contributed by atoms with Crippen LogP contribution >= 0.6 is 0 Å². The van der Waals surface area contributed by atoms with Gasteiger partial charge < -0.3 is 24.6 Å². The first-order valence-electron chi connectivity index (χ1n) is 13.6. The first kappa shape index (κ1) is 27.4. The van der Waals surface area contributed by atoms with E-state index in [9.17, 15) is 14.4 Å². The van der Waals surface area contributed by atoms with Crippen molar-refractivity contribution in [2.45, 2.75) is 44.9 Å². The molecule has 2 aliphatic heterocycles. The average Bonchev–Trinajstić information content (AvgIpc) is 3.27. The van der Waals surface area contributed by atoms with Crippen LogP contribution in [0.2, 0.25) is 0 Å². The lowest BCUT2D eigenvalue weighted by atomic mass is 10.0. The van der Waals surface area contributed by atoms with Gasteiger partial charge in [0.1, 0.15) is 17.2 Å². The number of fused-ring (bicyclic) bond motifs is 5. The van der Waals surface area contributed by atoms with E-state index in [1.165, 1.54) is 4.90 Å². The van der Waals surface area contributed by atoms with Crippen molar-refractivity contribution >= 4 is 17.7 Å². The molecule has 2 aliphatic rings. The van der Waals surface area contributed by atoms with Crippen molar-refractivity contribution in [1.82, 2.24) is 24.9 Å². The van der Waals surface area contributed by atoms with E-state index >= 15 is 0 Å². The Morgan fingerprint density at radius 3 is 2.45 bits per heavy atom. The third-order valence-corrected chi connectivity index (χ3v) is 7.33. The van der Waals surface area contributed by atoms with Crippen LogP contribution in [-0.4, -0.2) is 76.1 Å². The smallest absolute Gasteiger partial charge is 0.272 e. The second-order valence-corrected chi connectivity index (χ2v) is 10.5. The number of carbonyl (C=O) groups is 3. The quantitative estimate of drug-likeness (QED) is 0.504. The van der Waals surface area contributed by atoms with Gasteiger partial charge in [-0.25, -0.2) is 0 Å². The largest absolute Gasteiger partial charge is 0.457 e. The molecule has 4 bridgehead atoms. The zero-order valence-electron chi connectivity index (χ0n) is 23.1. The Balaban J connectivity index is 1.37. The molecule has 5 rings (SSSR count). The molecule has 3 heterocycles. The summed E-state index contributed by atoms with van der Waals surface area (Å²) in [5.41, 5.74) is 3.17. The number of ether oxygens (including phenoxy) is 2. The van der Waals surface area contributed by atoms with Gasteiger partial charge >= 0.3 is 0 Å². The number of likely N-dealkylation sites (N-methyl/N-ethyl adjacent to an activating group) is 1. The molecule has 10 nitrogen and oxygen atoms in total. The molecule has 0 saturated carbocycles. The van der Waals surface area contributed by atoms with Gasteiger partial charge in [0.15, 0.2) is 0 Å². The number of aromatic nitrogens is 2. The van der Waals surface area contributed by atoms with E-state index in [2.05, 4.69) is 10.4 Å². The highest BCUT2D eigenvalue weighted by atomic mass is 16.5. The molecule has 2 aromatic carbocycles. The molecule has 210 valence electrons. The minimum absolute atomic E-state index is 0.0812. The number of rotatable bonds is 1. The van der Waals surface area contributed by atoms with Gasteiger partial charge in [-0.1, -0.05) is 24.3 Å². The Hall–Kier alpha value is -4.18. The molecule has 1 saturated heterocycles. The lowest BCUT2D eigenvalue weighted by Gasteiger charge is -2.39. The second kappa shape index (κ2) is 11.9. The first-order chi connectivity index (χ1) is 19.2. The van der Waals surface area contributed by atoms with Gasteiger partial charge in [-0.05, 0) is 61.2 Å². The van der Waals surface area contributed by atoms with Gasteiger partial charge in [-0.2, -0.15) is 5.10 Å². The summed E-state index contributed by atoms with van der Waals surface area (Å²) in [7, 11) is 3.37. The Bertz CT molecular complexity index is 1400. The van der Waals surface area contributed by atoms with Gasteiger partial charge in [-0.3, -0.25) is 19.1 Å². The molecule has 0 radical (unpaired) electrons. The predicted molar refractivity (Wildman–Crippen MR) is 148 cm³/mol. The topological polar surface area (TPSA) is 106 Å². The maximum absolute atomic E-state index is 13.3. The number of benzene rings is 2. The zero-order valence-corrected chi connectivity index (χ0v) is 23.1. The van der Waals surface area contributed by atoms with Crippen LogP contribution in [0.5, 0.6) is 11.5 Å². The van der Waals surface area contributed by atoms with Crippen LogP contribution in [0.25, 0.3) is 0 Å². The van der Waals surface area contributed by atoms with Crippen molar-refractivity contribution < 1.29 is 23.9 Å². The van der Waals surface area contributed by atoms with E-state index < -0.39 is 6.04 Å². The zero-order chi connectivity index (χ0) is 28.2. The summed E-state index contributed by atoms with van der Waals surface area (Å²) < 4.78 is 14.0. The minimum Gasteiger partial charge on any atom is -0.457 e. The van der Waals surface area contributed by atoms with E-state index in [4.69, 9.17) is 9.47 Å². The number of hydrogen-bond acceptors (Lipinski definition) is 6. The fraction of sp³-hybridized carbons (Fsp3) is 0.400. The van der Waals surface area contributed by atoms with Crippen LogP contribution in [0.3, 0.4) is 0 Å². The van der Waals surface area contributed by atoms with Crippen LogP contribution in [0.1, 0.15) is 40.2 Å². The molecule has 3 amide bonds.